The van der Waals surface area contributed by atoms with Crippen molar-refractivity contribution in [3.8, 4) is 0 Å². The van der Waals surface area contributed by atoms with E-state index in [9.17, 15) is 4.79 Å². The quantitative estimate of drug-likeness (QED) is 0.318. The van der Waals surface area contributed by atoms with Gasteiger partial charge in [-0.2, -0.15) is 0 Å². The third-order valence-electron chi connectivity index (χ3n) is 5.53. The topological polar surface area (TPSA) is 69.2 Å². The van der Waals surface area contributed by atoms with E-state index in [0.29, 0.717) is 12.5 Å². The molecule has 0 bridgehead atoms. The van der Waals surface area contributed by atoms with Gasteiger partial charge < -0.3 is 20.3 Å². The molecule has 2 N–H and O–H groups in total. The van der Waals surface area contributed by atoms with Crippen LogP contribution in [0.3, 0.4) is 0 Å². The summed E-state index contributed by atoms with van der Waals surface area (Å²) in [6.45, 7) is 8.56. The van der Waals surface area contributed by atoms with Crippen LogP contribution >= 0.6 is 24.0 Å². The number of carbonyl (C=O) groups excluding carboxylic acids is 1. The van der Waals surface area contributed by atoms with E-state index in [4.69, 9.17) is 4.74 Å². The van der Waals surface area contributed by atoms with Gasteiger partial charge in [0, 0.05) is 53.9 Å². The average Bonchev–Trinajstić information content (AvgIpc) is 3.12. The average molecular weight is 495 g/mol. The number of aliphatic imine (C=N–C) groups is 1. The Morgan fingerprint density at radius 2 is 1.85 bits per heavy atom. The van der Waals surface area contributed by atoms with Crippen LogP contribution in [-0.4, -0.2) is 88.7 Å². The van der Waals surface area contributed by atoms with Crippen LogP contribution in [-0.2, 0) is 9.53 Å². The van der Waals surface area contributed by atoms with Gasteiger partial charge in [-0.25, -0.2) is 0 Å². The standard InChI is InChI=1S/C19H37N5O2.HI/c1-16(14-24-9-11-26-12-10-24)13-21-18(20-2)22-15-19(7-5-6-8-19)17(25)23(3)4;/h16H,5-15H2,1-4H3,(H2,20,21,22);1H. The summed E-state index contributed by atoms with van der Waals surface area (Å²) in [5.41, 5.74) is -0.277. The van der Waals surface area contributed by atoms with Gasteiger partial charge in [0.1, 0.15) is 0 Å². The first-order valence-corrected chi connectivity index (χ1v) is 9.93. The van der Waals surface area contributed by atoms with Crippen LogP contribution in [0.15, 0.2) is 4.99 Å². The van der Waals surface area contributed by atoms with Gasteiger partial charge in [-0.1, -0.05) is 19.8 Å². The summed E-state index contributed by atoms with van der Waals surface area (Å²) >= 11 is 0. The second-order valence-corrected chi connectivity index (χ2v) is 8.01. The first kappa shape index (κ1) is 24.4. The van der Waals surface area contributed by atoms with Crippen molar-refractivity contribution in [3.63, 3.8) is 0 Å². The van der Waals surface area contributed by atoms with Crippen LogP contribution in [0.2, 0.25) is 0 Å². The minimum atomic E-state index is -0.277. The molecule has 1 unspecified atom stereocenters. The summed E-state index contributed by atoms with van der Waals surface area (Å²) in [5, 5.41) is 6.83. The van der Waals surface area contributed by atoms with Crippen LogP contribution in [0.1, 0.15) is 32.6 Å². The normalized spacial score (nSPS) is 21.3. The summed E-state index contributed by atoms with van der Waals surface area (Å²) in [6, 6.07) is 0. The monoisotopic (exact) mass is 495 g/mol. The zero-order chi connectivity index (χ0) is 19.0. The van der Waals surface area contributed by atoms with E-state index in [1.165, 1.54) is 0 Å². The summed E-state index contributed by atoms with van der Waals surface area (Å²) in [4.78, 5) is 21.2. The molecule has 2 rings (SSSR count). The fraction of sp³-hybridized carbons (Fsp3) is 0.895. The summed E-state index contributed by atoms with van der Waals surface area (Å²) in [6.07, 6.45) is 4.18. The van der Waals surface area contributed by atoms with E-state index < -0.39 is 0 Å². The fourth-order valence-electron chi connectivity index (χ4n) is 4.03. The Kier molecular flexibility index (Phi) is 10.9. The molecule has 0 spiro atoms. The van der Waals surface area contributed by atoms with Gasteiger partial charge in [0.2, 0.25) is 5.91 Å². The van der Waals surface area contributed by atoms with Crippen molar-refractivity contribution in [3.05, 3.63) is 0 Å². The number of ether oxygens (including phenoxy) is 1. The molecule has 1 atom stereocenters. The molecule has 0 aromatic rings. The van der Waals surface area contributed by atoms with E-state index in [0.717, 1.165) is 71.0 Å². The smallest absolute Gasteiger partial charge is 0.230 e. The zero-order valence-electron chi connectivity index (χ0n) is 17.4. The maximum atomic E-state index is 12.7. The van der Waals surface area contributed by atoms with E-state index in [1.807, 2.05) is 14.1 Å². The number of carbonyl (C=O) groups is 1. The van der Waals surface area contributed by atoms with Crippen molar-refractivity contribution in [2.24, 2.45) is 16.3 Å². The Morgan fingerprint density at radius 3 is 2.41 bits per heavy atom. The molecular formula is C19H38IN5O2. The molecule has 27 heavy (non-hydrogen) atoms. The van der Waals surface area contributed by atoms with Crippen molar-refractivity contribution >= 4 is 35.8 Å². The minimum Gasteiger partial charge on any atom is -0.379 e. The Balaban J connectivity index is 0.00000364. The van der Waals surface area contributed by atoms with Crippen LogP contribution in [0.4, 0.5) is 0 Å². The molecule has 1 aliphatic carbocycles. The first-order chi connectivity index (χ1) is 12.5. The highest BCUT2D eigenvalue weighted by Gasteiger charge is 2.42. The highest BCUT2D eigenvalue weighted by Crippen LogP contribution is 2.38. The van der Waals surface area contributed by atoms with Gasteiger partial charge >= 0.3 is 0 Å². The Bertz CT molecular complexity index is 475. The van der Waals surface area contributed by atoms with Crippen molar-refractivity contribution in [2.45, 2.75) is 32.6 Å². The second-order valence-electron chi connectivity index (χ2n) is 8.01. The van der Waals surface area contributed by atoms with Gasteiger partial charge in [-0.05, 0) is 18.8 Å². The third-order valence-corrected chi connectivity index (χ3v) is 5.53. The number of hydrogen-bond donors (Lipinski definition) is 2. The molecule has 2 fully saturated rings. The maximum Gasteiger partial charge on any atom is 0.230 e. The molecule has 0 aromatic carbocycles. The van der Waals surface area contributed by atoms with E-state index in [-0.39, 0.29) is 35.3 Å². The lowest BCUT2D eigenvalue weighted by molar-refractivity contribution is -0.138. The van der Waals surface area contributed by atoms with Crippen LogP contribution in [0.5, 0.6) is 0 Å². The predicted octanol–water partition coefficient (Wildman–Crippen LogP) is 1.39. The first-order valence-electron chi connectivity index (χ1n) is 9.93. The Hall–Kier alpha value is -0.610. The SMILES string of the molecule is CN=C(NCC(C)CN1CCOCC1)NCC1(C(=O)N(C)C)CCCC1.I. The second kappa shape index (κ2) is 12.1. The number of morpholine rings is 1. The zero-order valence-corrected chi connectivity index (χ0v) is 19.8. The number of guanidine groups is 1. The van der Waals surface area contributed by atoms with Crippen LogP contribution < -0.4 is 10.6 Å². The fourth-order valence-corrected chi connectivity index (χ4v) is 4.03. The number of halogens is 1. The number of nitrogens with zero attached hydrogens (tertiary/aromatic N) is 3. The molecule has 2 aliphatic rings. The van der Waals surface area contributed by atoms with Crippen molar-refractivity contribution < 1.29 is 9.53 Å². The molecule has 1 saturated carbocycles. The van der Waals surface area contributed by atoms with Gasteiger partial charge in [0.25, 0.3) is 0 Å². The number of amides is 1. The third kappa shape index (κ3) is 7.38. The largest absolute Gasteiger partial charge is 0.379 e. The summed E-state index contributed by atoms with van der Waals surface area (Å²) in [7, 11) is 5.49. The highest BCUT2D eigenvalue weighted by atomic mass is 127. The molecule has 1 aliphatic heterocycles. The van der Waals surface area contributed by atoms with Crippen LogP contribution in [0, 0.1) is 11.3 Å². The highest BCUT2D eigenvalue weighted by molar-refractivity contribution is 14.0. The molecule has 7 nitrogen and oxygen atoms in total. The lowest BCUT2D eigenvalue weighted by Gasteiger charge is -2.32. The molecule has 8 heteroatoms. The molecule has 1 amide bonds. The summed E-state index contributed by atoms with van der Waals surface area (Å²) < 4.78 is 5.41. The maximum absolute atomic E-state index is 12.7. The molecule has 1 saturated heterocycles. The lowest BCUT2D eigenvalue weighted by Crippen LogP contribution is -2.50. The Morgan fingerprint density at radius 1 is 1.22 bits per heavy atom. The van der Waals surface area contributed by atoms with Crippen LogP contribution in [0.25, 0.3) is 0 Å². The van der Waals surface area contributed by atoms with Crippen molar-refractivity contribution in [1.29, 1.82) is 0 Å². The van der Waals surface area contributed by atoms with E-state index >= 15 is 0 Å². The van der Waals surface area contributed by atoms with Gasteiger partial charge in [0.05, 0.1) is 18.6 Å². The van der Waals surface area contributed by atoms with Crippen molar-refractivity contribution in [1.82, 2.24) is 20.4 Å². The van der Waals surface area contributed by atoms with Gasteiger partial charge in [-0.15, -0.1) is 24.0 Å². The number of nitrogens with one attached hydrogen (secondary N) is 2. The Labute approximate surface area is 181 Å². The molecule has 1 heterocycles. The molecule has 0 radical (unpaired) electrons. The minimum absolute atomic E-state index is 0. The van der Waals surface area contributed by atoms with E-state index in [1.54, 1.807) is 11.9 Å². The van der Waals surface area contributed by atoms with Gasteiger partial charge in [-0.3, -0.25) is 14.7 Å². The van der Waals surface area contributed by atoms with Gasteiger partial charge in [0.15, 0.2) is 5.96 Å². The lowest BCUT2D eigenvalue weighted by atomic mass is 9.84. The molecule has 0 aromatic heterocycles. The number of hydrogen-bond acceptors (Lipinski definition) is 4. The predicted molar refractivity (Wildman–Crippen MR) is 121 cm³/mol. The number of rotatable bonds is 7. The summed E-state index contributed by atoms with van der Waals surface area (Å²) in [5.74, 6) is 1.55. The molecule has 158 valence electrons. The molecular weight excluding hydrogens is 457 g/mol. The van der Waals surface area contributed by atoms with Crippen molar-refractivity contribution in [2.75, 3.05) is 67.1 Å². The van der Waals surface area contributed by atoms with E-state index in [2.05, 4.69) is 27.4 Å².